The molecule has 186 valence electrons. The molecule has 0 aliphatic carbocycles. The maximum Gasteiger partial charge on any atom is 0.266 e. The zero-order valence-corrected chi connectivity index (χ0v) is 21.2. The van der Waals surface area contributed by atoms with E-state index >= 15 is 0 Å². The first-order valence-corrected chi connectivity index (χ1v) is 12.8. The lowest BCUT2D eigenvalue weighted by Crippen LogP contribution is -2.42. The highest BCUT2D eigenvalue weighted by Gasteiger charge is 2.32. The number of nitrogens with zero attached hydrogens (tertiary/aromatic N) is 4. The van der Waals surface area contributed by atoms with Gasteiger partial charge in [0.15, 0.2) is 5.17 Å². The van der Waals surface area contributed by atoms with Crippen molar-refractivity contribution in [1.82, 2.24) is 14.4 Å². The second-order valence-corrected chi connectivity index (χ2v) is 9.48. The molecule has 36 heavy (non-hydrogen) atoms. The quantitative estimate of drug-likeness (QED) is 0.472. The van der Waals surface area contributed by atoms with Gasteiger partial charge in [0.25, 0.3) is 5.91 Å². The number of hydrogen-bond donors (Lipinski definition) is 0. The van der Waals surface area contributed by atoms with E-state index in [1.165, 1.54) is 11.8 Å². The fourth-order valence-corrected chi connectivity index (χ4v) is 5.41. The van der Waals surface area contributed by atoms with Gasteiger partial charge in [-0.25, -0.2) is 4.99 Å². The van der Waals surface area contributed by atoms with Gasteiger partial charge in [-0.1, -0.05) is 18.2 Å². The van der Waals surface area contributed by atoms with Gasteiger partial charge in [-0.3, -0.25) is 14.5 Å². The first-order chi connectivity index (χ1) is 17.6. The lowest BCUT2D eigenvalue weighted by molar-refractivity contribution is -0.135. The lowest BCUT2D eigenvalue weighted by Gasteiger charge is -2.27. The Morgan fingerprint density at radius 1 is 1.14 bits per heavy atom. The molecule has 0 saturated carbocycles. The molecule has 0 atom stereocenters. The number of amides is 2. The lowest BCUT2D eigenvalue weighted by atomic mass is 10.1. The van der Waals surface area contributed by atoms with Crippen LogP contribution in [0.1, 0.15) is 12.5 Å². The number of morpholine rings is 1. The number of ether oxygens (including phenoxy) is 2. The summed E-state index contributed by atoms with van der Waals surface area (Å²) >= 11 is 1.36. The maximum atomic E-state index is 13.2. The molecule has 0 spiro atoms. The van der Waals surface area contributed by atoms with E-state index in [1.807, 2.05) is 77.2 Å². The molecule has 8 nitrogen and oxygen atoms in total. The van der Waals surface area contributed by atoms with Crippen LogP contribution in [-0.4, -0.2) is 71.3 Å². The number of fused-ring (bicyclic) bond motifs is 1. The monoisotopic (exact) mass is 504 g/mol. The summed E-state index contributed by atoms with van der Waals surface area (Å²) in [5.74, 6) is 0.747. The van der Waals surface area contributed by atoms with Gasteiger partial charge < -0.3 is 18.9 Å². The van der Waals surface area contributed by atoms with Crippen LogP contribution in [0, 0.1) is 0 Å². The van der Waals surface area contributed by atoms with Crippen LogP contribution < -0.4 is 4.74 Å². The standard InChI is InChI=1S/C27H28N4O4S/c1-3-31-26(33)24(36-27(31)28-20-8-10-21(34-2)11-9-20)16-19-17-30(23-7-5-4-6-22(19)23)18-25(32)29-12-14-35-15-13-29/h4-11,16-17H,3,12-15,18H2,1-2H3/b24-16-,28-27?. The summed E-state index contributed by atoms with van der Waals surface area (Å²) in [6.07, 6.45) is 3.86. The van der Waals surface area contributed by atoms with Gasteiger partial charge in [0.1, 0.15) is 12.3 Å². The highest BCUT2D eigenvalue weighted by atomic mass is 32.2. The predicted molar refractivity (Wildman–Crippen MR) is 142 cm³/mol. The third kappa shape index (κ3) is 4.89. The van der Waals surface area contributed by atoms with Crippen LogP contribution in [0.5, 0.6) is 5.75 Å². The molecule has 2 aromatic carbocycles. The Kier molecular flexibility index (Phi) is 7.11. The molecule has 3 aromatic rings. The number of para-hydroxylation sites is 1. The van der Waals surface area contributed by atoms with Gasteiger partial charge >= 0.3 is 0 Å². The molecule has 0 bridgehead atoms. The molecule has 1 aromatic heterocycles. The van der Waals surface area contributed by atoms with Crippen molar-refractivity contribution in [3.8, 4) is 5.75 Å². The molecule has 2 saturated heterocycles. The summed E-state index contributed by atoms with van der Waals surface area (Å²) < 4.78 is 12.6. The van der Waals surface area contributed by atoms with E-state index in [2.05, 4.69) is 0 Å². The molecular weight excluding hydrogens is 476 g/mol. The molecule has 2 aliphatic heterocycles. The number of amidine groups is 1. The Labute approximate surface area is 214 Å². The molecule has 3 heterocycles. The van der Waals surface area contributed by atoms with Gasteiger partial charge in [0, 0.05) is 42.3 Å². The zero-order chi connectivity index (χ0) is 25.1. The molecule has 0 radical (unpaired) electrons. The average molecular weight is 505 g/mol. The SMILES string of the molecule is CCN1C(=O)/C(=C/c2cn(CC(=O)N3CCOCC3)c3ccccc23)SC1=Nc1ccc(OC)cc1. The van der Waals surface area contributed by atoms with Crippen molar-refractivity contribution in [2.45, 2.75) is 13.5 Å². The predicted octanol–water partition coefficient (Wildman–Crippen LogP) is 4.13. The van der Waals surface area contributed by atoms with Crippen LogP contribution >= 0.6 is 11.8 Å². The molecule has 9 heteroatoms. The third-order valence-corrected chi connectivity index (χ3v) is 7.28. The number of aliphatic imine (C=N–C) groups is 1. The summed E-state index contributed by atoms with van der Waals surface area (Å²) in [6.45, 7) is 5.08. The van der Waals surface area contributed by atoms with Gasteiger partial charge in [0.05, 0.1) is 30.9 Å². The minimum atomic E-state index is -0.0732. The van der Waals surface area contributed by atoms with Crippen LogP contribution in [0.15, 0.2) is 64.6 Å². The summed E-state index contributed by atoms with van der Waals surface area (Å²) in [7, 11) is 1.62. The summed E-state index contributed by atoms with van der Waals surface area (Å²) in [6, 6.07) is 15.4. The number of rotatable bonds is 6. The number of benzene rings is 2. The highest BCUT2D eigenvalue weighted by Crippen LogP contribution is 2.35. The van der Waals surface area contributed by atoms with Gasteiger partial charge in [0.2, 0.25) is 5.91 Å². The Balaban J connectivity index is 1.44. The minimum absolute atomic E-state index is 0.0654. The van der Waals surface area contributed by atoms with Gasteiger partial charge in [-0.05, 0) is 55.1 Å². The molecular formula is C27H28N4O4S. The fourth-order valence-electron chi connectivity index (χ4n) is 4.36. The van der Waals surface area contributed by atoms with E-state index < -0.39 is 0 Å². The Bertz CT molecular complexity index is 1340. The smallest absolute Gasteiger partial charge is 0.266 e. The van der Waals surface area contributed by atoms with Crippen LogP contribution in [-0.2, 0) is 20.9 Å². The van der Waals surface area contributed by atoms with Crippen molar-refractivity contribution in [2.24, 2.45) is 4.99 Å². The number of likely N-dealkylation sites (N-methyl/N-ethyl adjacent to an activating group) is 1. The zero-order valence-electron chi connectivity index (χ0n) is 20.3. The van der Waals surface area contributed by atoms with E-state index in [0.717, 1.165) is 27.9 Å². The number of carbonyl (C=O) groups excluding carboxylic acids is 2. The van der Waals surface area contributed by atoms with Crippen molar-refractivity contribution in [2.75, 3.05) is 40.0 Å². The van der Waals surface area contributed by atoms with E-state index in [1.54, 1.807) is 12.0 Å². The Hall–Kier alpha value is -3.56. The van der Waals surface area contributed by atoms with Crippen molar-refractivity contribution >= 4 is 51.4 Å². The number of carbonyl (C=O) groups is 2. The van der Waals surface area contributed by atoms with Crippen molar-refractivity contribution in [3.63, 3.8) is 0 Å². The largest absolute Gasteiger partial charge is 0.497 e. The topological polar surface area (TPSA) is 76.4 Å². The van der Waals surface area contributed by atoms with Crippen molar-refractivity contribution in [3.05, 3.63) is 65.2 Å². The Morgan fingerprint density at radius 2 is 1.89 bits per heavy atom. The van der Waals surface area contributed by atoms with E-state index in [9.17, 15) is 9.59 Å². The summed E-state index contributed by atoms with van der Waals surface area (Å²) in [5.41, 5.74) is 2.61. The van der Waals surface area contributed by atoms with Gasteiger partial charge in [-0.2, -0.15) is 0 Å². The molecule has 2 aliphatic rings. The molecule has 2 amide bonds. The van der Waals surface area contributed by atoms with E-state index in [-0.39, 0.29) is 18.4 Å². The molecule has 2 fully saturated rings. The van der Waals surface area contributed by atoms with Crippen LogP contribution in [0.3, 0.4) is 0 Å². The highest BCUT2D eigenvalue weighted by molar-refractivity contribution is 8.18. The van der Waals surface area contributed by atoms with Crippen LogP contribution in [0.4, 0.5) is 5.69 Å². The number of hydrogen-bond acceptors (Lipinski definition) is 6. The Morgan fingerprint density at radius 3 is 2.61 bits per heavy atom. The third-order valence-electron chi connectivity index (χ3n) is 6.28. The maximum absolute atomic E-state index is 13.2. The second-order valence-electron chi connectivity index (χ2n) is 8.48. The number of thioether (sulfide) groups is 1. The normalized spacial score (nSPS) is 18.6. The first kappa shape index (κ1) is 24.1. The second kappa shape index (κ2) is 10.6. The number of aromatic nitrogens is 1. The van der Waals surface area contributed by atoms with Crippen LogP contribution in [0.25, 0.3) is 17.0 Å². The van der Waals surface area contributed by atoms with Crippen molar-refractivity contribution in [1.29, 1.82) is 0 Å². The first-order valence-electron chi connectivity index (χ1n) is 11.9. The molecule has 5 rings (SSSR count). The van der Waals surface area contributed by atoms with E-state index in [0.29, 0.717) is 42.9 Å². The van der Waals surface area contributed by atoms with E-state index in [4.69, 9.17) is 14.5 Å². The molecule has 0 unspecified atom stereocenters. The summed E-state index contributed by atoms with van der Waals surface area (Å²) in [4.78, 5) is 35.0. The van der Waals surface area contributed by atoms with Gasteiger partial charge in [-0.15, -0.1) is 0 Å². The average Bonchev–Trinajstić information content (AvgIpc) is 3.41. The fraction of sp³-hybridized carbons (Fsp3) is 0.296. The summed E-state index contributed by atoms with van der Waals surface area (Å²) in [5, 5.41) is 1.64. The van der Waals surface area contributed by atoms with Crippen molar-refractivity contribution < 1.29 is 19.1 Å². The minimum Gasteiger partial charge on any atom is -0.497 e. The molecule has 0 N–H and O–H groups in total. The van der Waals surface area contributed by atoms with Crippen LogP contribution in [0.2, 0.25) is 0 Å². The number of methoxy groups -OCH3 is 1.